The zero-order valence-corrected chi connectivity index (χ0v) is 6.98. The predicted octanol–water partition coefficient (Wildman–Crippen LogP) is 1.72. The molecule has 0 aromatic carbocycles. The Morgan fingerprint density at radius 2 is 1.80 bits per heavy atom. The molecule has 0 aliphatic heterocycles. The van der Waals surface area contributed by atoms with Crippen LogP contribution in [0.15, 0.2) is 11.4 Å². The maximum absolute atomic E-state index is 5.61. The van der Waals surface area contributed by atoms with Gasteiger partial charge in [0.05, 0.1) is 0 Å². The molecule has 2 heteroatoms. The molecule has 0 aliphatic carbocycles. The number of rotatable bonds is 4. The van der Waals surface area contributed by atoms with Crippen LogP contribution >= 0.6 is 0 Å². The van der Waals surface area contributed by atoms with Gasteiger partial charge in [-0.15, -0.1) is 0 Å². The van der Waals surface area contributed by atoms with Gasteiger partial charge in [-0.05, 0) is 19.8 Å². The second kappa shape index (κ2) is 5.15. The Morgan fingerprint density at radius 3 is 2.20 bits per heavy atom. The Labute approximate surface area is 63.3 Å². The molecule has 0 radical (unpaired) electrons. The molecule has 0 heterocycles. The lowest BCUT2D eigenvalue weighted by Gasteiger charge is -2.01. The summed E-state index contributed by atoms with van der Waals surface area (Å²) in [5.74, 6) is 0. The van der Waals surface area contributed by atoms with Gasteiger partial charge in [0.15, 0.2) is 0 Å². The van der Waals surface area contributed by atoms with Crippen molar-refractivity contribution in [2.75, 3.05) is 0 Å². The Balaban J connectivity index is 3.40. The Kier molecular flexibility index (Phi) is 4.81. The molecule has 0 fully saturated rings. The molecule has 0 atom stereocenters. The summed E-state index contributed by atoms with van der Waals surface area (Å²) >= 11 is 0. The van der Waals surface area contributed by atoms with Gasteiger partial charge in [-0.1, -0.05) is 19.8 Å². The van der Waals surface area contributed by atoms with Gasteiger partial charge in [0.25, 0.3) is 0 Å². The lowest BCUT2D eigenvalue weighted by atomic mass is 10.1. The zero-order valence-electron chi connectivity index (χ0n) is 6.98. The molecule has 2 nitrogen and oxygen atoms in total. The average Bonchev–Trinajstić information content (AvgIpc) is 1.88. The molecule has 0 saturated heterocycles. The van der Waals surface area contributed by atoms with Gasteiger partial charge in [0.2, 0.25) is 0 Å². The third-order valence-corrected chi connectivity index (χ3v) is 1.56. The highest BCUT2D eigenvalue weighted by Crippen LogP contribution is 2.05. The predicted molar refractivity (Wildman–Crippen MR) is 45.2 cm³/mol. The van der Waals surface area contributed by atoms with Crippen LogP contribution < -0.4 is 11.5 Å². The van der Waals surface area contributed by atoms with E-state index in [1.54, 1.807) is 0 Å². The average molecular weight is 142 g/mol. The zero-order chi connectivity index (χ0) is 7.98. The summed E-state index contributed by atoms with van der Waals surface area (Å²) in [6, 6.07) is 0. The van der Waals surface area contributed by atoms with Crippen LogP contribution in [0.3, 0.4) is 0 Å². The van der Waals surface area contributed by atoms with Gasteiger partial charge in [-0.25, -0.2) is 0 Å². The number of unbranched alkanes of at least 4 members (excludes halogenated alkanes) is 2. The van der Waals surface area contributed by atoms with Crippen molar-refractivity contribution in [3.63, 3.8) is 0 Å². The summed E-state index contributed by atoms with van der Waals surface area (Å²) < 4.78 is 0. The molecule has 0 aromatic heterocycles. The van der Waals surface area contributed by atoms with Gasteiger partial charge in [0, 0.05) is 11.4 Å². The summed E-state index contributed by atoms with van der Waals surface area (Å²) in [6.45, 7) is 4.02. The Hall–Kier alpha value is -0.660. The van der Waals surface area contributed by atoms with Crippen molar-refractivity contribution in [2.24, 2.45) is 11.5 Å². The standard InChI is InChI=1S/C8H18N2/c1-3-4-5-6-8(10)7(2)9/h3-6,9-10H2,1-2H3/b8-7-. The molecule has 0 aromatic rings. The van der Waals surface area contributed by atoms with Crippen molar-refractivity contribution >= 4 is 0 Å². The van der Waals surface area contributed by atoms with E-state index in [0.717, 1.165) is 24.2 Å². The molecule has 4 N–H and O–H groups in total. The number of nitrogens with two attached hydrogens (primary N) is 2. The first-order valence-corrected chi connectivity index (χ1v) is 3.89. The van der Waals surface area contributed by atoms with Gasteiger partial charge in [0.1, 0.15) is 0 Å². The summed E-state index contributed by atoms with van der Waals surface area (Å²) in [5.41, 5.74) is 12.7. The first kappa shape index (κ1) is 9.34. The van der Waals surface area contributed by atoms with Crippen LogP contribution in [-0.4, -0.2) is 0 Å². The van der Waals surface area contributed by atoms with Crippen LogP contribution in [-0.2, 0) is 0 Å². The van der Waals surface area contributed by atoms with Crippen molar-refractivity contribution in [3.05, 3.63) is 11.4 Å². The molecule has 0 saturated carbocycles. The quantitative estimate of drug-likeness (QED) is 0.587. The van der Waals surface area contributed by atoms with E-state index in [1.807, 2.05) is 6.92 Å². The summed E-state index contributed by atoms with van der Waals surface area (Å²) in [4.78, 5) is 0. The molecule has 10 heavy (non-hydrogen) atoms. The number of allylic oxidation sites excluding steroid dienone is 2. The van der Waals surface area contributed by atoms with Crippen molar-refractivity contribution in [3.8, 4) is 0 Å². The summed E-state index contributed by atoms with van der Waals surface area (Å²) in [5, 5.41) is 0. The monoisotopic (exact) mass is 142 g/mol. The van der Waals surface area contributed by atoms with E-state index >= 15 is 0 Å². The van der Waals surface area contributed by atoms with E-state index in [1.165, 1.54) is 12.8 Å². The van der Waals surface area contributed by atoms with Gasteiger partial charge in [-0.2, -0.15) is 0 Å². The normalized spacial score (nSPS) is 13.0. The largest absolute Gasteiger partial charge is 0.401 e. The number of hydrogen-bond donors (Lipinski definition) is 2. The molecule has 0 rings (SSSR count). The highest BCUT2D eigenvalue weighted by Gasteiger charge is 1.92. The third kappa shape index (κ3) is 4.24. The summed E-state index contributed by atoms with van der Waals surface area (Å²) in [6.07, 6.45) is 4.60. The fourth-order valence-electron chi connectivity index (χ4n) is 0.763. The molecule has 60 valence electrons. The maximum atomic E-state index is 5.61. The van der Waals surface area contributed by atoms with E-state index in [4.69, 9.17) is 11.5 Å². The van der Waals surface area contributed by atoms with Gasteiger partial charge < -0.3 is 11.5 Å². The SMILES string of the molecule is CCCCC/C(N)=C(\C)N. The number of hydrogen-bond acceptors (Lipinski definition) is 2. The van der Waals surface area contributed by atoms with E-state index in [9.17, 15) is 0 Å². The molecule has 0 aliphatic rings. The minimum Gasteiger partial charge on any atom is -0.401 e. The van der Waals surface area contributed by atoms with Crippen LogP contribution in [0.2, 0.25) is 0 Å². The van der Waals surface area contributed by atoms with Crippen LogP contribution in [0.1, 0.15) is 39.5 Å². The lowest BCUT2D eigenvalue weighted by Crippen LogP contribution is -2.06. The van der Waals surface area contributed by atoms with Crippen LogP contribution in [0.4, 0.5) is 0 Å². The van der Waals surface area contributed by atoms with Crippen LogP contribution in [0.5, 0.6) is 0 Å². The highest BCUT2D eigenvalue weighted by atomic mass is 14.7. The van der Waals surface area contributed by atoms with Crippen molar-refractivity contribution < 1.29 is 0 Å². The highest BCUT2D eigenvalue weighted by molar-refractivity contribution is 5.03. The minimum absolute atomic E-state index is 0.774. The molecule has 0 amide bonds. The van der Waals surface area contributed by atoms with Gasteiger partial charge >= 0.3 is 0 Å². The first-order valence-electron chi connectivity index (χ1n) is 3.89. The molecule has 0 unspecified atom stereocenters. The fourth-order valence-corrected chi connectivity index (χ4v) is 0.763. The second-order valence-electron chi connectivity index (χ2n) is 2.67. The van der Waals surface area contributed by atoms with Crippen molar-refractivity contribution in [2.45, 2.75) is 39.5 Å². The lowest BCUT2D eigenvalue weighted by molar-refractivity contribution is 0.705. The maximum Gasteiger partial charge on any atom is 0.0268 e. The minimum atomic E-state index is 0.774. The van der Waals surface area contributed by atoms with Gasteiger partial charge in [-0.3, -0.25) is 0 Å². The van der Waals surface area contributed by atoms with E-state index in [2.05, 4.69) is 6.92 Å². The van der Waals surface area contributed by atoms with Crippen LogP contribution in [0, 0.1) is 0 Å². The van der Waals surface area contributed by atoms with E-state index in [0.29, 0.717) is 0 Å². The molecular weight excluding hydrogens is 124 g/mol. The smallest absolute Gasteiger partial charge is 0.0268 e. The Morgan fingerprint density at radius 1 is 1.20 bits per heavy atom. The first-order chi connectivity index (χ1) is 4.68. The molecular formula is C8H18N2. The molecule has 0 spiro atoms. The van der Waals surface area contributed by atoms with E-state index in [-0.39, 0.29) is 0 Å². The Bertz CT molecular complexity index is 112. The topological polar surface area (TPSA) is 52.0 Å². The second-order valence-corrected chi connectivity index (χ2v) is 2.67. The van der Waals surface area contributed by atoms with E-state index < -0.39 is 0 Å². The van der Waals surface area contributed by atoms with Crippen molar-refractivity contribution in [1.82, 2.24) is 0 Å². The molecule has 0 bridgehead atoms. The third-order valence-electron chi connectivity index (χ3n) is 1.56. The summed E-state index contributed by atoms with van der Waals surface area (Å²) in [7, 11) is 0. The van der Waals surface area contributed by atoms with Crippen molar-refractivity contribution in [1.29, 1.82) is 0 Å². The fraction of sp³-hybridized carbons (Fsp3) is 0.750. The van der Waals surface area contributed by atoms with Crippen LogP contribution in [0.25, 0.3) is 0 Å².